The summed E-state index contributed by atoms with van der Waals surface area (Å²) < 4.78 is 16.3. The number of carbonyl (C=O) groups is 3. The molecule has 0 aromatic heterocycles. The molecule has 3 atom stereocenters. The van der Waals surface area contributed by atoms with E-state index in [2.05, 4.69) is 5.32 Å². The van der Waals surface area contributed by atoms with Crippen molar-refractivity contribution < 1.29 is 22.2 Å². The van der Waals surface area contributed by atoms with Crippen molar-refractivity contribution in [2.45, 2.75) is 45.8 Å². The molecule has 0 unspecified atom stereocenters. The van der Waals surface area contributed by atoms with Crippen LogP contribution in [0.15, 0.2) is 24.3 Å². The first-order valence-corrected chi connectivity index (χ1v) is 8.82. The summed E-state index contributed by atoms with van der Waals surface area (Å²) in [6.07, 6.45) is -1.24. The highest BCUT2D eigenvalue weighted by Crippen LogP contribution is 2.25. The molecule has 2 rings (SSSR count). The summed E-state index contributed by atoms with van der Waals surface area (Å²) in [7, 11) is 1.37. The van der Waals surface area contributed by atoms with Gasteiger partial charge in [-0.1, -0.05) is 45.0 Å². The van der Waals surface area contributed by atoms with Gasteiger partial charge in [-0.3, -0.25) is 14.4 Å². The Morgan fingerprint density at radius 2 is 2.00 bits per heavy atom. The summed E-state index contributed by atoms with van der Waals surface area (Å²) in [6.45, 7) is 3.13. The van der Waals surface area contributed by atoms with Crippen LogP contribution in [-0.4, -0.2) is 47.3 Å². The van der Waals surface area contributed by atoms with E-state index in [-0.39, 0.29) is 18.8 Å². The van der Waals surface area contributed by atoms with Crippen molar-refractivity contribution in [2.75, 3.05) is 13.5 Å². The molecule has 2 N–H and O–H groups in total. The van der Waals surface area contributed by atoms with Gasteiger partial charge in [0.05, 0.1) is 0 Å². The molecule has 0 aliphatic carbocycles. The van der Waals surface area contributed by atoms with Gasteiger partial charge in [0.1, 0.15) is 12.1 Å². The van der Waals surface area contributed by atoms with Crippen molar-refractivity contribution in [1.82, 2.24) is 10.2 Å². The number of fused-ring (bicyclic) bond motifs is 1. The van der Waals surface area contributed by atoms with Gasteiger partial charge in [0, 0.05) is 28.6 Å². The fourth-order valence-corrected chi connectivity index (χ4v) is 2.90. The first-order chi connectivity index (χ1) is 13.0. The van der Waals surface area contributed by atoms with Crippen LogP contribution in [0, 0.1) is 11.8 Å². The average molecular weight is 362 g/mol. The van der Waals surface area contributed by atoms with Gasteiger partial charge in [0.2, 0.25) is 11.8 Å². The van der Waals surface area contributed by atoms with Crippen molar-refractivity contribution in [3.8, 4) is 0 Å². The number of Topliss-reactive ketones (excluding diaryl/α,β-unsaturated/α-hetero) is 1. The number of likely N-dealkylation sites (N-methyl/N-ethyl adjacent to an activating group) is 1. The average Bonchev–Trinajstić information content (AvgIpc) is 2.69. The largest absolute Gasteiger partial charge is 0.385 e. The molecule has 0 saturated carbocycles. The van der Waals surface area contributed by atoms with E-state index in [1.54, 1.807) is 45.0 Å². The number of amides is 2. The molecule has 0 bridgehead atoms. The summed E-state index contributed by atoms with van der Waals surface area (Å²) in [5.74, 6) is -2.43. The Morgan fingerprint density at radius 1 is 1.35 bits per heavy atom. The maximum Gasteiger partial charge on any atom is 0.249 e. The summed E-state index contributed by atoms with van der Waals surface area (Å²) in [5.41, 5.74) is 1.20. The van der Waals surface area contributed by atoms with E-state index in [1.807, 2.05) is 0 Å². The van der Waals surface area contributed by atoms with Crippen LogP contribution in [0.3, 0.4) is 0 Å². The number of benzene rings is 1. The zero-order chi connectivity index (χ0) is 21.2. The van der Waals surface area contributed by atoms with Crippen molar-refractivity contribution >= 4 is 17.6 Å². The Balaban J connectivity index is 2.22. The number of aliphatic hydroxyl groups is 1. The third-order valence-electron chi connectivity index (χ3n) is 4.65. The van der Waals surface area contributed by atoms with Gasteiger partial charge in [-0.2, -0.15) is 0 Å². The Hall–Kier alpha value is -2.21. The lowest BCUT2D eigenvalue weighted by Crippen LogP contribution is -2.43. The maximum absolute atomic E-state index is 12.9. The van der Waals surface area contributed by atoms with Crippen LogP contribution in [0.2, 0.25) is 0 Å². The second kappa shape index (κ2) is 8.45. The van der Waals surface area contributed by atoms with Crippen LogP contribution < -0.4 is 5.32 Å². The first-order valence-electron chi connectivity index (χ1n) is 9.82. The van der Waals surface area contributed by atoms with Crippen molar-refractivity contribution in [1.29, 1.82) is 0 Å². The number of aryl methyl sites for hydroxylation is 1. The minimum absolute atomic E-state index is 0.0202. The summed E-state index contributed by atoms with van der Waals surface area (Å²) in [5, 5.41) is 12.5. The van der Waals surface area contributed by atoms with E-state index in [9.17, 15) is 19.5 Å². The van der Waals surface area contributed by atoms with Crippen molar-refractivity contribution in [2.24, 2.45) is 11.8 Å². The van der Waals surface area contributed by atoms with E-state index in [4.69, 9.17) is 2.74 Å². The van der Waals surface area contributed by atoms with Crippen LogP contribution >= 0.6 is 0 Å². The van der Waals surface area contributed by atoms with Crippen LogP contribution in [0.5, 0.6) is 0 Å². The van der Waals surface area contributed by atoms with Gasteiger partial charge in [-0.15, -0.1) is 0 Å². The first kappa shape index (κ1) is 17.2. The molecule has 1 aromatic carbocycles. The quantitative estimate of drug-likeness (QED) is 0.802. The molecule has 0 radical (unpaired) electrons. The number of hydrogen-bond acceptors (Lipinski definition) is 4. The molecule has 6 heteroatoms. The molecular formula is C20H28N2O4. The highest BCUT2D eigenvalue weighted by atomic mass is 16.3. The SMILES string of the molecule is [2H]C1([2H])Cc2ccccc2[C@H](NC(=O)[C@H](C)CC(=O)[C@@H](O)C(C)C)C(=O)N1C. The normalized spacial score (nSPS) is 22.6. The standard InChI is InChI=1S/C20H28N2O4/c1-12(2)18(24)16(23)11-13(3)19(25)21-17-15-8-6-5-7-14(15)9-10-22(4)20(17)26/h5-8,12-13,17-18,24H,9-11H2,1-4H3,(H,21,25)/t13-,17+,18+/m1/s1/i10D2. The number of carbonyl (C=O) groups excluding carboxylic acids is 3. The van der Waals surface area contributed by atoms with Gasteiger partial charge in [-0.05, 0) is 23.5 Å². The molecule has 26 heavy (non-hydrogen) atoms. The molecule has 1 heterocycles. The minimum Gasteiger partial charge on any atom is -0.385 e. The zero-order valence-corrected chi connectivity index (χ0v) is 15.7. The van der Waals surface area contributed by atoms with Crippen LogP contribution in [0.4, 0.5) is 0 Å². The smallest absolute Gasteiger partial charge is 0.249 e. The van der Waals surface area contributed by atoms with Crippen LogP contribution in [0.25, 0.3) is 0 Å². The predicted octanol–water partition coefficient (Wildman–Crippen LogP) is 1.47. The molecule has 0 spiro atoms. The Kier molecular flexibility index (Phi) is 5.59. The van der Waals surface area contributed by atoms with E-state index in [1.165, 1.54) is 7.05 Å². The number of nitrogens with zero attached hydrogens (tertiary/aromatic N) is 1. The lowest BCUT2D eigenvalue weighted by Gasteiger charge is -2.24. The van der Waals surface area contributed by atoms with E-state index >= 15 is 0 Å². The summed E-state index contributed by atoms with van der Waals surface area (Å²) in [6, 6.07) is 5.91. The molecule has 142 valence electrons. The Bertz CT molecular complexity index is 766. The zero-order valence-electron chi connectivity index (χ0n) is 17.7. The fourth-order valence-electron chi connectivity index (χ4n) is 2.90. The molecule has 0 saturated heterocycles. The number of nitrogens with one attached hydrogen (secondary N) is 1. The lowest BCUT2D eigenvalue weighted by atomic mass is 9.94. The topological polar surface area (TPSA) is 86.7 Å². The third-order valence-corrected chi connectivity index (χ3v) is 4.65. The van der Waals surface area contributed by atoms with Crippen LogP contribution in [-0.2, 0) is 20.8 Å². The summed E-state index contributed by atoms with van der Waals surface area (Å²) >= 11 is 0. The number of hydrogen-bond donors (Lipinski definition) is 2. The third kappa shape index (κ3) is 4.49. The maximum atomic E-state index is 12.9. The van der Waals surface area contributed by atoms with Gasteiger partial charge in [0.15, 0.2) is 5.78 Å². The van der Waals surface area contributed by atoms with E-state index in [0.29, 0.717) is 11.1 Å². The lowest BCUT2D eigenvalue weighted by molar-refractivity contribution is -0.137. The minimum atomic E-state index is -1.88. The van der Waals surface area contributed by atoms with Gasteiger partial charge >= 0.3 is 0 Å². The fraction of sp³-hybridized carbons (Fsp3) is 0.550. The van der Waals surface area contributed by atoms with Gasteiger partial charge in [-0.25, -0.2) is 0 Å². The molecule has 1 aliphatic rings. The van der Waals surface area contributed by atoms with Crippen molar-refractivity contribution in [3.05, 3.63) is 35.4 Å². The number of ketones is 1. The highest BCUT2D eigenvalue weighted by Gasteiger charge is 2.32. The monoisotopic (exact) mass is 362 g/mol. The van der Waals surface area contributed by atoms with Crippen molar-refractivity contribution in [3.63, 3.8) is 0 Å². The second-order valence-corrected chi connectivity index (χ2v) is 7.13. The summed E-state index contributed by atoms with van der Waals surface area (Å²) in [4.78, 5) is 38.6. The van der Waals surface area contributed by atoms with Gasteiger partial charge in [0.25, 0.3) is 0 Å². The molecule has 6 nitrogen and oxygen atoms in total. The predicted molar refractivity (Wildman–Crippen MR) is 98.3 cm³/mol. The second-order valence-electron chi connectivity index (χ2n) is 7.13. The van der Waals surface area contributed by atoms with Crippen LogP contribution in [0.1, 0.15) is 47.1 Å². The molecule has 0 fully saturated rings. The van der Waals surface area contributed by atoms with E-state index in [0.717, 1.165) is 4.90 Å². The Morgan fingerprint density at radius 3 is 2.65 bits per heavy atom. The molecule has 1 aromatic rings. The molecule has 2 amide bonds. The highest BCUT2D eigenvalue weighted by molar-refractivity contribution is 5.92. The molecule has 1 aliphatic heterocycles. The van der Waals surface area contributed by atoms with Gasteiger partial charge < -0.3 is 15.3 Å². The number of aliphatic hydroxyl groups excluding tert-OH is 1. The molecular weight excluding hydrogens is 332 g/mol. The number of rotatable bonds is 6. The van der Waals surface area contributed by atoms with E-state index < -0.39 is 42.2 Å². The Labute approximate surface area is 157 Å².